The molecular formula is C20H35ClNOSi+. The maximum absolute atomic E-state index is 6.88. The summed E-state index contributed by atoms with van der Waals surface area (Å²) in [4.78, 5) is 0. The summed E-state index contributed by atoms with van der Waals surface area (Å²) in [5, 5.41) is 4.64. The number of rotatable bonds is 10. The van der Waals surface area contributed by atoms with Crippen molar-refractivity contribution in [1.29, 1.82) is 0 Å². The van der Waals surface area contributed by atoms with Gasteiger partial charge in [-0.15, -0.1) is 0 Å². The molecule has 0 bridgehead atoms. The maximum Gasteiger partial charge on any atom is 0.231 e. The van der Waals surface area contributed by atoms with Gasteiger partial charge in [0, 0.05) is 24.7 Å². The molecule has 0 saturated heterocycles. The predicted molar refractivity (Wildman–Crippen MR) is 103 cm³/mol. The van der Waals surface area contributed by atoms with E-state index in [1.165, 1.54) is 42.1 Å². The maximum atomic E-state index is 6.88. The van der Waals surface area contributed by atoms with Gasteiger partial charge < -0.3 is 9.74 Å². The van der Waals surface area contributed by atoms with E-state index in [9.17, 15) is 0 Å². The van der Waals surface area contributed by atoms with Crippen LogP contribution in [0, 0.1) is 23.9 Å². The molecule has 1 aliphatic rings. The quantitative estimate of drug-likeness (QED) is 0.577. The van der Waals surface area contributed by atoms with E-state index in [0.717, 1.165) is 18.1 Å². The van der Waals surface area contributed by atoms with Gasteiger partial charge in [0.05, 0.1) is 6.10 Å². The Morgan fingerprint density at radius 2 is 1.83 bits per heavy atom. The molecule has 1 N–H and O–H groups in total. The molecule has 1 aliphatic carbocycles. The zero-order valence-corrected chi connectivity index (χ0v) is 17.9. The second kappa shape index (κ2) is 8.35. The average molecular weight is 369 g/mol. The molecule has 136 valence electrons. The predicted octanol–water partition coefficient (Wildman–Crippen LogP) is 5.14. The summed E-state index contributed by atoms with van der Waals surface area (Å²) < 4.78 is 6.88. The summed E-state index contributed by atoms with van der Waals surface area (Å²) in [6.07, 6.45) is 2.78. The van der Waals surface area contributed by atoms with Crippen LogP contribution in [0.1, 0.15) is 57.8 Å². The minimum Gasteiger partial charge on any atom is -0.408 e. The van der Waals surface area contributed by atoms with Gasteiger partial charge in [-0.2, -0.15) is 0 Å². The van der Waals surface area contributed by atoms with E-state index in [1.807, 2.05) is 6.07 Å². The standard InChI is InChI=1S/C20H35ClNOSi/c1-6-24(7-2,8-3)23-18(14-22-15-20(5)12-13-20)19-16(4)10-9-11-17(19)21/h9-11,18,21-22H,6-8,12-15H2,1-5H3/q+1. The van der Waals surface area contributed by atoms with Crippen molar-refractivity contribution in [2.45, 2.75) is 71.7 Å². The van der Waals surface area contributed by atoms with Gasteiger partial charge in [0.2, 0.25) is 5.02 Å². The Labute approximate surface area is 154 Å². The van der Waals surface area contributed by atoms with Crippen LogP contribution in [-0.2, 0) is 4.43 Å². The lowest BCUT2D eigenvalue weighted by molar-refractivity contribution is -0.291. The largest absolute Gasteiger partial charge is 0.408 e. The molecule has 4 heteroatoms. The molecule has 0 spiro atoms. The van der Waals surface area contributed by atoms with E-state index in [2.05, 4.69) is 52.1 Å². The summed E-state index contributed by atoms with van der Waals surface area (Å²) >= 11 is 5.66. The molecule has 1 fully saturated rings. The number of halogens is 1. The highest BCUT2D eigenvalue weighted by Crippen LogP contribution is 2.44. The Balaban J connectivity index is 2.19. The van der Waals surface area contributed by atoms with E-state index in [1.54, 1.807) is 0 Å². The lowest BCUT2D eigenvalue weighted by Crippen LogP contribution is -2.40. The van der Waals surface area contributed by atoms with Gasteiger partial charge in [-0.3, -0.25) is 0 Å². The zero-order valence-electron chi connectivity index (χ0n) is 16.1. The summed E-state index contributed by atoms with van der Waals surface area (Å²) in [6.45, 7) is 13.4. The van der Waals surface area contributed by atoms with Gasteiger partial charge >= 0.3 is 0 Å². The van der Waals surface area contributed by atoms with Crippen molar-refractivity contribution in [3.05, 3.63) is 34.3 Å². The Morgan fingerprint density at radius 1 is 1.21 bits per heavy atom. The van der Waals surface area contributed by atoms with Crippen LogP contribution in [0.2, 0.25) is 23.2 Å². The molecule has 1 unspecified atom stereocenters. The van der Waals surface area contributed by atoms with Crippen molar-refractivity contribution >= 4 is 8.32 Å². The summed E-state index contributed by atoms with van der Waals surface area (Å²) in [7, 11) is -1.68. The smallest absolute Gasteiger partial charge is 0.231 e. The highest BCUT2D eigenvalue weighted by Gasteiger charge is 2.38. The van der Waals surface area contributed by atoms with Crippen molar-refractivity contribution in [2.24, 2.45) is 5.41 Å². The van der Waals surface area contributed by atoms with Gasteiger partial charge in [0.25, 0.3) is 0 Å². The highest BCUT2D eigenvalue weighted by molar-refractivity contribution is 6.73. The van der Waals surface area contributed by atoms with Crippen LogP contribution < -0.4 is 5.32 Å². The molecule has 0 aromatic heterocycles. The van der Waals surface area contributed by atoms with Crippen molar-refractivity contribution < 1.29 is 16.0 Å². The summed E-state index contributed by atoms with van der Waals surface area (Å²) in [5.41, 5.74) is 3.01. The van der Waals surface area contributed by atoms with Gasteiger partial charge in [0.15, 0.2) is 19.9 Å². The minimum absolute atomic E-state index is 0.0903. The van der Waals surface area contributed by atoms with Gasteiger partial charge in [0.1, 0.15) is 0 Å². The molecule has 0 radical (unpaired) electrons. The lowest BCUT2D eigenvalue weighted by Gasteiger charge is -2.34. The van der Waals surface area contributed by atoms with Gasteiger partial charge in [-0.25, -0.2) is 0 Å². The van der Waals surface area contributed by atoms with E-state index in [4.69, 9.17) is 16.0 Å². The number of hydrogen-bond acceptors (Lipinski definition) is 2. The molecule has 0 heterocycles. The van der Waals surface area contributed by atoms with Crippen LogP contribution in [0.15, 0.2) is 18.2 Å². The Hall–Kier alpha value is -0.353. The molecule has 1 aromatic rings. The van der Waals surface area contributed by atoms with Crippen molar-refractivity contribution in [3.8, 4) is 0 Å². The molecule has 1 saturated carbocycles. The van der Waals surface area contributed by atoms with E-state index >= 15 is 0 Å². The number of aryl methyl sites for hydroxylation is 1. The Bertz CT molecular complexity index is 512. The minimum atomic E-state index is -1.68. The van der Waals surface area contributed by atoms with Crippen molar-refractivity contribution in [2.75, 3.05) is 13.1 Å². The van der Waals surface area contributed by atoms with E-state index < -0.39 is 8.32 Å². The van der Waals surface area contributed by atoms with Crippen LogP contribution >= 0.6 is 0 Å². The third-order valence-corrected chi connectivity index (χ3v) is 10.9. The second-order valence-corrected chi connectivity index (χ2v) is 12.9. The lowest BCUT2D eigenvalue weighted by atomic mass is 10.0. The Morgan fingerprint density at radius 3 is 2.33 bits per heavy atom. The van der Waals surface area contributed by atoms with Gasteiger partial charge in [-0.1, -0.05) is 39.8 Å². The van der Waals surface area contributed by atoms with E-state index in [0.29, 0.717) is 5.41 Å². The number of nitrogens with one attached hydrogen (secondary N) is 1. The molecule has 0 amide bonds. The normalized spacial score (nSPS) is 17.8. The highest BCUT2D eigenvalue weighted by atomic mass is 35.5. The molecule has 1 aromatic carbocycles. The fourth-order valence-electron chi connectivity index (χ4n) is 3.47. The van der Waals surface area contributed by atoms with Crippen molar-refractivity contribution in [3.63, 3.8) is 0 Å². The van der Waals surface area contributed by atoms with Crippen molar-refractivity contribution in [1.82, 2.24) is 5.32 Å². The third kappa shape index (κ3) is 4.84. The molecular weight excluding hydrogens is 334 g/mol. The monoisotopic (exact) mass is 368 g/mol. The van der Waals surface area contributed by atoms with Crippen LogP contribution in [0.5, 0.6) is 0 Å². The molecule has 24 heavy (non-hydrogen) atoms. The first-order valence-electron chi connectivity index (χ1n) is 9.53. The fraction of sp³-hybridized carbons (Fsp3) is 0.700. The zero-order chi connectivity index (χ0) is 17.8. The summed E-state index contributed by atoms with van der Waals surface area (Å²) in [6, 6.07) is 9.79. The number of benzene rings is 1. The third-order valence-electron chi connectivity index (χ3n) is 5.92. The molecule has 2 nitrogen and oxygen atoms in total. The SMILES string of the molecule is CC[Si](CC)(CC)OC(CNCC1(C)CC1)c1c(C)cccc1[ClH+]. The number of hydrogen-bond donors (Lipinski definition) is 1. The first kappa shape index (κ1) is 20.0. The average Bonchev–Trinajstić information content (AvgIpc) is 3.29. The fourth-order valence-corrected chi connectivity index (χ4v) is 6.64. The Kier molecular flexibility index (Phi) is 6.95. The van der Waals surface area contributed by atoms with Crippen LogP contribution in [0.3, 0.4) is 0 Å². The van der Waals surface area contributed by atoms with Crippen LogP contribution in [0.4, 0.5) is 0 Å². The first-order chi connectivity index (χ1) is 11.4. The van der Waals surface area contributed by atoms with Gasteiger partial charge in [-0.05, 0) is 48.9 Å². The first-order valence-corrected chi connectivity index (χ1v) is 12.5. The summed E-state index contributed by atoms with van der Waals surface area (Å²) in [5.74, 6) is 0. The van der Waals surface area contributed by atoms with Crippen LogP contribution in [-0.4, -0.2) is 21.4 Å². The molecule has 1 atom stereocenters. The van der Waals surface area contributed by atoms with E-state index in [-0.39, 0.29) is 6.10 Å². The molecule has 2 rings (SSSR count). The topological polar surface area (TPSA) is 21.3 Å². The molecule has 0 aliphatic heterocycles. The second-order valence-electron chi connectivity index (χ2n) is 7.78. The van der Waals surface area contributed by atoms with Crippen LogP contribution in [0.25, 0.3) is 0 Å².